The third kappa shape index (κ3) is 1.09. The van der Waals surface area contributed by atoms with Crippen LogP contribution >= 0.6 is 0 Å². The fraction of sp³-hybridized carbons (Fsp3) is 1.00. The van der Waals surface area contributed by atoms with Gasteiger partial charge in [0.1, 0.15) is 0 Å². The largest absolute Gasteiger partial charge is 0.305 e. The van der Waals surface area contributed by atoms with Crippen molar-refractivity contribution < 1.29 is 0 Å². The maximum atomic E-state index is 2.47. The van der Waals surface area contributed by atoms with Crippen molar-refractivity contribution in [2.24, 2.45) is 5.41 Å². The Balaban J connectivity index is 2.09. The number of nitrogens with zero attached hydrogens (tertiary/aromatic N) is 2. The van der Waals surface area contributed by atoms with Crippen LogP contribution in [-0.2, 0) is 0 Å². The van der Waals surface area contributed by atoms with Crippen LogP contribution in [0.5, 0.6) is 0 Å². The second-order valence-electron chi connectivity index (χ2n) is 4.54. The normalized spacial score (nSPS) is 35.5. The molecule has 2 fully saturated rings. The monoisotopic (exact) mass is 154 g/mol. The Morgan fingerprint density at radius 3 is 2.36 bits per heavy atom. The first-order chi connectivity index (χ1) is 5.14. The lowest BCUT2D eigenvalue weighted by Gasteiger charge is -2.24. The smallest absolute Gasteiger partial charge is 0.0285 e. The van der Waals surface area contributed by atoms with Crippen LogP contribution in [0, 0.1) is 5.41 Å². The molecule has 2 heteroatoms. The SMILES string of the molecule is CN1CC(N(C)C)C2(CC2)C1. The summed E-state index contributed by atoms with van der Waals surface area (Å²) in [6, 6.07) is 0.826. The van der Waals surface area contributed by atoms with Gasteiger partial charge in [-0.2, -0.15) is 0 Å². The topological polar surface area (TPSA) is 6.48 Å². The van der Waals surface area contributed by atoms with Crippen molar-refractivity contribution in [2.75, 3.05) is 34.2 Å². The summed E-state index contributed by atoms with van der Waals surface area (Å²) in [4.78, 5) is 4.87. The Labute approximate surface area is 69.2 Å². The van der Waals surface area contributed by atoms with E-state index in [4.69, 9.17) is 0 Å². The second-order valence-corrected chi connectivity index (χ2v) is 4.54. The van der Waals surface area contributed by atoms with E-state index in [1.54, 1.807) is 0 Å². The highest BCUT2D eigenvalue weighted by molar-refractivity contribution is 5.08. The van der Waals surface area contributed by atoms with Crippen LogP contribution in [0.3, 0.4) is 0 Å². The minimum absolute atomic E-state index is 0.707. The third-order valence-corrected chi connectivity index (χ3v) is 3.29. The summed E-state index contributed by atoms with van der Waals surface area (Å²) < 4.78 is 0. The van der Waals surface area contributed by atoms with E-state index < -0.39 is 0 Å². The molecule has 2 rings (SSSR count). The molecule has 0 amide bonds. The van der Waals surface area contributed by atoms with Crippen molar-refractivity contribution >= 4 is 0 Å². The summed E-state index contributed by atoms with van der Waals surface area (Å²) in [5, 5.41) is 0. The van der Waals surface area contributed by atoms with Crippen LogP contribution in [0.4, 0.5) is 0 Å². The molecule has 1 aliphatic heterocycles. The first-order valence-electron chi connectivity index (χ1n) is 4.49. The molecule has 0 radical (unpaired) electrons. The van der Waals surface area contributed by atoms with Crippen LogP contribution in [0.1, 0.15) is 12.8 Å². The summed E-state index contributed by atoms with van der Waals surface area (Å²) in [5.41, 5.74) is 0.707. The molecule has 1 atom stereocenters. The Bertz CT molecular complexity index is 161. The Morgan fingerprint density at radius 1 is 1.36 bits per heavy atom. The zero-order valence-corrected chi connectivity index (χ0v) is 7.80. The summed E-state index contributed by atoms with van der Waals surface area (Å²) in [6.07, 6.45) is 2.92. The van der Waals surface area contributed by atoms with Gasteiger partial charge in [-0.3, -0.25) is 0 Å². The molecule has 1 saturated carbocycles. The lowest BCUT2D eigenvalue weighted by molar-refractivity contribution is 0.238. The van der Waals surface area contributed by atoms with Gasteiger partial charge < -0.3 is 9.80 Å². The quantitative estimate of drug-likeness (QED) is 0.547. The standard InChI is InChI=1S/C9H18N2/c1-10(2)8-6-11(3)7-9(8)4-5-9/h8H,4-7H2,1-3H3. The Kier molecular flexibility index (Phi) is 1.52. The van der Waals surface area contributed by atoms with Gasteiger partial charge in [0.05, 0.1) is 0 Å². The first kappa shape index (κ1) is 7.56. The molecule has 1 aliphatic carbocycles. The maximum Gasteiger partial charge on any atom is 0.0285 e. The van der Waals surface area contributed by atoms with Gasteiger partial charge in [0.25, 0.3) is 0 Å². The zero-order chi connectivity index (χ0) is 8.06. The summed E-state index contributed by atoms with van der Waals surface area (Å²) >= 11 is 0. The van der Waals surface area contributed by atoms with E-state index >= 15 is 0 Å². The number of hydrogen-bond donors (Lipinski definition) is 0. The van der Waals surface area contributed by atoms with Gasteiger partial charge in [-0.15, -0.1) is 0 Å². The molecule has 2 aliphatic rings. The molecule has 0 aromatic heterocycles. The number of likely N-dealkylation sites (tertiary alicyclic amines) is 1. The van der Waals surface area contributed by atoms with Gasteiger partial charge in [0.15, 0.2) is 0 Å². The van der Waals surface area contributed by atoms with Gasteiger partial charge in [-0.25, -0.2) is 0 Å². The minimum Gasteiger partial charge on any atom is -0.305 e. The molecule has 0 N–H and O–H groups in total. The summed E-state index contributed by atoms with van der Waals surface area (Å²) in [5.74, 6) is 0. The minimum atomic E-state index is 0.707. The van der Waals surface area contributed by atoms with Crippen molar-refractivity contribution in [2.45, 2.75) is 18.9 Å². The summed E-state index contributed by atoms with van der Waals surface area (Å²) in [7, 11) is 6.66. The fourth-order valence-electron chi connectivity index (χ4n) is 2.56. The molecule has 0 aromatic carbocycles. The molecule has 1 spiro atoms. The molecule has 1 saturated heterocycles. The lowest BCUT2D eigenvalue weighted by Crippen LogP contribution is -2.35. The average molecular weight is 154 g/mol. The molecule has 0 bridgehead atoms. The van der Waals surface area contributed by atoms with Crippen LogP contribution < -0.4 is 0 Å². The van der Waals surface area contributed by atoms with E-state index in [0.717, 1.165) is 6.04 Å². The fourth-order valence-corrected chi connectivity index (χ4v) is 2.56. The number of likely N-dealkylation sites (N-methyl/N-ethyl adjacent to an activating group) is 2. The summed E-state index contributed by atoms with van der Waals surface area (Å²) in [6.45, 7) is 2.60. The molecule has 0 aromatic rings. The zero-order valence-electron chi connectivity index (χ0n) is 7.80. The molecule has 1 heterocycles. The molecule has 64 valence electrons. The van der Waals surface area contributed by atoms with E-state index in [2.05, 4.69) is 30.9 Å². The Morgan fingerprint density at radius 2 is 2.00 bits per heavy atom. The molecule has 1 unspecified atom stereocenters. The number of rotatable bonds is 1. The van der Waals surface area contributed by atoms with Crippen LogP contribution in [0.2, 0.25) is 0 Å². The van der Waals surface area contributed by atoms with E-state index in [-0.39, 0.29) is 0 Å². The second kappa shape index (κ2) is 2.20. The maximum absolute atomic E-state index is 2.47. The van der Waals surface area contributed by atoms with Crippen molar-refractivity contribution in [3.63, 3.8) is 0 Å². The van der Waals surface area contributed by atoms with E-state index in [0.29, 0.717) is 5.41 Å². The van der Waals surface area contributed by atoms with Crippen LogP contribution in [-0.4, -0.2) is 50.1 Å². The highest BCUT2D eigenvalue weighted by atomic mass is 15.2. The molecule has 2 nitrogen and oxygen atoms in total. The van der Waals surface area contributed by atoms with Gasteiger partial charge in [-0.1, -0.05) is 0 Å². The average Bonchev–Trinajstić information content (AvgIpc) is 2.54. The molecular formula is C9H18N2. The van der Waals surface area contributed by atoms with Crippen molar-refractivity contribution in [3.8, 4) is 0 Å². The van der Waals surface area contributed by atoms with Gasteiger partial charge >= 0.3 is 0 Å². The Hall–Kier alpha value is -0.0800. The van der Waals surface area contributed by atoms with Gasteiger partial charge in [-0.05, 0) is 39.4 Å². The van der Waals surface area contributed by atoms with E-state index in [9.17, 15) is 0 Å². The van der Waals surface area contributed by atoms with E-state index in [1.807, 2.05) is 0 Å². The predicted molar refractivity (Wildman–Crippen MR) is 46.6 cm³/mol. The predicted octanol–water partition coefficient (Wildman–Crippen LogP) is 0.642. The van der Waals surface area contributed by atoms with Crippen molar-refractivity contribution in [3.05, 3.63) is 0 Å². The highest BCUT2D eigenvalue weighted by Crippen LogP contribution is 2.53. The third-order valence-electron chi connectivity index (χ3n) is 3.29. The highest BCUT2D eigenvalue weighted by Gasteiger charge is 2.54. The molecular weight excluding hydrogens is 136 g/mol. The van der Waals surface area contributed by atoms with Crippen molar-refractivity contribution in [1.29, 1.82) is 0 Å². The van der Waals surface area contributed by atoms with Crippen LogP contribution in [0.15, 0.2) is 0 Å². The lowest BCUT2D eigenvalue weighted by atomic mass is 10.0. The molecule has 11 heavy (non-hydrogen) atoms. The van der Waals surface area contributed by atoms with E-state index in [1.165, 1.54) is 25.9 Å². The van der Waals surface area contributed by atoms with Crippen LogP contribution in [0.25, 0.3) is 0 Å². The number of hydrogen-bond acceptors (Lipinski definition) is 2. The van der Waals surface area contributed by atoms with Crippen molar-refractivity contribution in [1.82, 2.24) is 9.80 Å². The first-order valence-corrected chi connectivity index (χ1v) is 4.49. The van der Waals surface area contributed by atoms with Gasteiger partial charge in [0.2, 0.25) is 0 Å². The van der Waals surface area contributed by atoms with Gasteiger partial charge in [0, 0.05) is 19.1 Å².